The molecule has 0 radical (unpaired) electrons. The Kier molecular flexibility index (Phi) is 3.75. The smallest absolute Gasteiger partial charge is 0.311 e. The first-order valence-corrected chi connectivity index (χ1v) is 7.69. The summed E-state index contributed by atoms with van der Waals surface area (Å²) in [6.45, 7) is 0.511. The SMILES string of the molecule is O=C(c1cc(Cl)cc([N+](=O)[O-])c1)N1C[C@@H]2CCC[C@@]2(C(=O)O)C1. The van der Waals surface area contributed by atoms with Crippen LogP contribution in [0, 0.1) is 21.4 Å². The van der Waals surface area contributed by atoms with Gasteiger partial charge in [0.05, 0.1) is 10.3 Å². The van der Waals surface area contributed by atoms with Crippen LogP contribution < -0.4 is 0 Å². The van der Waals surface area contributed by atoms with E-state index in [2.05, 4.69) is 0 Å². The molecular formula is C15H15ClN2O5. The topological polar surface area (TPSA) is 101 Å². The summed E-state index contributed by atoms with van der Waals surface area (Å²) in [7, 11) is 0. The van der Waals surface area contributed by atoms with Crippen molar-refractivity contribution in [3.05, 3.63) is 38.9 Å². The molecule has 1 amide bonds. The molecule has 0 bridgehead atoms. The number of nitro groups is 1. The molecule has 2 fully saturated rings. The monoisotopic (exact) mass is 338 g/mol. The number of aliphatic carboxylic acids is 1. The van der Waals surface area contributed by atoms with Gasteiger partial charge in [-0.3, -0.25) is 19.7 Å². The highest BCUT2D eigenvalue weighted by Crippen LogP contribution is 2.49. The second-order valence-corrected chi connectivity index (χ2v) is 6.63. The summed E-state index contributed by atoms with van der Waals surface area (Å²) in [5.74, 6) is -1.34. The highest BCUT2D eigenvalue weighted by molar-refractivity contribution is 6.31. The van der Waals surface area contributed by atoms with E-state index < -0.39 is 22.2 Å². The van der Waals surface area contributed by atoms with Gasteiger partial charge in [0, 0.05) is 35.8 Å². The fourth-order valence-corrected chi connectivity index (χ4v) is 4.01. The van der Waals surface area contributed by atoms with Crippen LogP contribution in [-0.4, -0.2) is 39.9 Å². The van der Waals surface area contributed by atoms with Gasteiger partial charge in [-0.05, 0) is 24.8 Å². The van der Waals surface area contributed by atoms with Crippen molar-refractivity contribution < 1.29 is 19.6 Å². The summed E-state index contributed by atoms with van der Waals surface area (Å²) in [6, 6.07) is 3.73. The maximum atomic E-state index is 12.6. The van der Waals surface area contributed by atoms with Gasteiger partial charge in [-0.1, -0.05) is 18.0 Å². The first-order valence-electron chi connectivity index (χ1n) is 7.31. The Labute approximate surface area is 137 Å². The number of carboxylic acid groups (broad SMARTS) is 1. The van der Waals surface area contributed by atoms with Crippen LogP contribution in [0.15, 0.2) is 18.2 Å². The number of amides is 1. The Morgan fingerprint density at radius 1 is 1.39 bits per heavy atom. The van der Waals surface area contributed by atoms with Crippen molar-refractivity contribution in [3.8, 4) is 0 Å². The molecule has 7 nitrogen and oxygen atoms in total. The molecule has 1 aliphatic heterocycles. The molecule has 1 N–H and O–H groups in total. The minimum atomic E-state index is -0.875. The maximum Gasteiger partial charge on any atom is 0.311 e. The quantitative estimate of drug-likeness (QED) is 0.674. The third-order valence-corrected chi connectivity index (χ3v) is 5.14. The van der Waals surface area contributed by atoms with E-state index in [4.69, 9.17) is 11.6 Å². The Morgan fingerprint density at radius 2 is 2.13 bits per heavy atom. The average molecular weight is 339 g/mol. The minimum Gasteiger partial charge on any atom is -0.481 e. The van der Waals surface area contributed by atoms with Crippen molar-refractivity contribution in [2.45, 2.75) is 19.3 Å². The number of hydrogen-bond acceptors (Lipinski definition) is 4. The molecular weight excluding hydrogens is 324 g/mol. The van der Waals surface area contributed by atoms with E-state index >= 15 is 0 Å². The number of likely N-dealkylation sites (tertiary alicyclic amines) is 1. The number of carbonyl (C=O) groups is 2. The zero-order chi connectivity index (χ0) is 16.8. The number of nitrogens with zero attached hydrogens (tertiary/aromatic N) is 2. The lowest BCUT2D eigenvalue weighted by Gasteiger charge is -2.23. The van der Waals surface area contributed by atoms with E-state index in [-0.39, 0.29) is 28.7 Å². The molecule has 23 heavy (non-hydrogen) atoms. The Morgan fingerprint density at radius 3 is 2.74 bits per heavy atom. The summed E-state index contributed by atoms with van der Waals surface area (Å²) in [6.07, 6.45) is 2.19. The van der Waals surface area contributed by atoms with E-state index in [1.54, 1.807) is 0 Å². The molecule has 1 aromatic carbocycles. The third-order valence-electron chi connectivity index (χ3n) is 4.92. The Balaban J connectivity index is 1.88. The van der Waals surface area contributed by atoms with Crippen molar-refractivity contribution in [2.75, 3.05) is 13.1 Å². The van der Waals surface area contributed by atoms with E-state index in [1.807, 2.05) is 0 Å². The second kappa shape index (κ2) is 5.49. The highest BCUT2D eigenvalue weighted by atomic mass is 35.5. The molecule has 1 aliphatic carbocycles. The van der Waals surface area contributed by atoms with Crippen molar-refractivity contribution >= 4 is 29.2 Å². The van der Waals surface area contributed by atoms with Crippen LogP contribution in [-0.2, 0) is 4.79 Å². The van der Waals surface area contributed by atoms with Crippen LogP contribution in [0.2, 0.25) is 5.02 Å². The molecule has 0 spiro atoms. The predicted molar refractivity (Wildman–Crippen MR) is 81.4 cm³/mol. The van der Waals surface area contributed by atoms with Crippen molar-refractivity contribution in [1.82, 2.24) is 4.90 Å². The highest BCUT2D eigenvalue weighted by Gasteiger charge is 2.55. The molecule has 1 saturated carbocycles. The molecule has 1 saturated heterocycles. The number of halogens is 1. The lowest BCUT2D eigenvalue weighted by molar-refractivity contribution is -0.384. The fraction of sp³-hybridized carbons (Fsp3) is 0.467. The van der Waals surface area contributed by atoms with Gasteiger partial charge in [-0.2, -0.15) is 0 Å². The molecule has 0 unspecified atom stereocenters. The molecule has 1 aromatic rings. The molecule has 122 valence electrons. The largest absolute Gasteiger partial charge is 0.481 e. The zero-order valence-electron chi connectivity index (χ0n) is 12.2. The van der Waals surface area contributed by atoms with Crippen LogP contribution in [0.25, 0.3) is 0 Å². The maximum absolute atomic E-state index is 12.6. The summed E-state index contributed by atoms with van der Waals surface area (Å²) >= 11 is 5.85. The lowest BCUT2D eigenvalue weighted by atomic mass is 9.81. The molecule has 3 rings (SSSR count). The van der Waals surface area contributed by atoms with Crippen molar-refractivity contribution in [2.24, 2.45) is 11.3 Å². The normalized spacial score (nSPS) is 26.1. The number of hydrogen-bond donors (Lipinski definition) is 1. The van der Waals surface area contributed by atoms with Gasteiger partial charge in [0.25, 0.3) is 11.6 Å². The summed E-state index contributed by atoms with van der Waals surface area (Å²) < 4.78 is 0. The van der Waals surface area contributed by atoms with E-state index in [1.165, 1.54) is 23.1 Å². The van der Waals surface area contributed by atoms with E-state index in [9.17, 15) is 24.8 Å². The van der Waals surface area contributed by atoms with Gasteiger partial charge in [0.2, 0.25) is 0 Å². The first-order chi connectivity index (χ1) is 10.8. The Bertz CT molecular complexity index is 707. The average Bonchev–Trinajstić information content (AvgIpc) is 3.03. The van der Waals surface area contributed by atoms with Crippen LogP contribution in [0.5, 0.6) is 0 Å². The van der Waals surface area contributed by atoms with E-state index in [0.29, 0.717) is 13.0 Å². The van der Waals surface area contributed by atoms with Crippen LogP contribution in [0.4, 0.5) is 5.69 Å². The molecule has 1 heterocycles. The van der Waals surface area contributed by atoms with Gasteiger partial charge in [0.15, 0.2) is 0 Å². The minimum absolute atomic E-state index is 0.0573. The van der Waals surface area contributed by atoms with Gasteiger partial charge in [0.1, 0.15) is 0 Å². The summed E-state index contributed by atoms with van der Waals surface area (Å²) in [5.41, 5.74) is -1.02. The number of benzene rings is 1. The Hall–Kier alpha value is -2.15. The molecule has 8 heteroatoms. The number of carboxylic acids is 1. The van der Waals surface area contributed by atoms with Gasteiger partial charge in [-0.25, -0.2) is 0 Å². The van der Waals surface area contributed by atoms with Crippen LogP contribution in [0.3, 0.4) is 0 Å². The molecule has 2 atom stereocenters. The van der Waals surface area contributed by atoms with Gasteiger partial charge < -0.3 is 10.0 Å². The van der Waals surface area contributed by atoms with Crippen molar-refractivity contribution in [3.63, 3.8) is 0 Å². The number of carbonyl (C=O) groups excluding carboxylic acids is 1. The standard InChI is InChI=1S/C15H15ClN2O5/c16-11-4-9(5-12(6-11)18(22)23)13(19)17-7-10-2-1-3-15(10,8-17)14(20)21/h4-6,10H,1-3,7-8H2,(H,20,21)/t10-,15+/m0/s1. The van der Waals surface area contributed by atoms with Gasteiger partial charge in [-0.15, -0.1) is 0 Å². The summed E-state index contributed by atoms with van der Waals surface area (Å²) in [4.78, 5) is 36.0. The number of nitro benzene ring substituents is 1. The number of rotatable bonds is 3. The van der Waals surface area contributed by atoms with Gasteiger partial charge >= 0.3 is 5.97 Å². The number of non-ortho nitro benzene ring substituents is 1. The fourth-order valence-electron chi connectivity index (χ4n) is 3.78. The van der Waals surface area contributed by atoms with E-state index in [0.717, 1.165) is 12.8 Å². The third kappa shape index (κ3) is 2.55. The number of fused-ring (bicyclic) bond motifs is 1. The lowest BCUT2D eigenvalue weighted by Crippen LogP contribution is -2.37. The molecule has 0 aromatic heterocycles. The van der Waals surface area contributed by atoms with Crippen molar-refractivity contribution in [1.29, 1.82) is 0 Å². The zero-order valence-corrected chi connectivity index (χ0v) is 13.0. The molecule has 2 aliphatic rings. The van der Waals surface area contributed by atoms with Crippen LogP contribution >= 0.6 is 11.6 Å². The second-order valence-electron chi connectivity index (χ2n) is 6.19. The first kappa shape index (κ1) is 15.7. The van der Waals surface area contributed by atoms with Crippen LogP contribution in [0.1, 0.15) is 29.6 Å². The summed E-state index contributed by atoms with van der Waals surface area (Å²) in [5, 5.41) is 20.6. The predicted octanol–water partition coefficient (Wildman–Crippen LogP) is 2.58.